The Morgan fingerprint density at radius 1 is 1.06 bits per heavy atom. The summed E-state index contributed by atoms with van der Waals surface area (Å²) in [6, 6.07) is 0. The summed E-state index contributed by atoms with van der Waals surface area (Å²) in [6.07, 6.45) is 3.82. The zero-order valence-corrected chi connectivity index (χ0v) is 12.2. The predicted octanol–water partition coefficient (Wildman–Crippen LogP) is 3.98. The number of carbonyl (C=O) groups excluding carboxylic acids is 1. The quantitative estimate of drug-likeness (QED) is 0.325. The molecule has 0 saturated heterocycles. The lowest BCUT2D eigenvalue weighted by Crippen LogP contribution is -2.18. The van der Waals surface area contributed by atoms with Crippen LogP contribution < -0.4 is 0 Å². The highest BCUT2D eigenvalue weighted by Crippen LogP contribution is 2.21. The van der Waals surface area contributed by atoms with Gasteiger partial charge >= 0.3 is 5.97 Å². The number of rotatable bonds is 7. The normalized spacial score (nSPS) is 13.0. The maximum atomic E-state index is 10.7. The highest BCUT2D eigenvalue weighted by molar-refractivity contribution is 5.68. The van der Waals surface area contributed by atoms with Crippen molar-refractivity contribution in [3.8, 4) is 0 Å². The number of carbonyl (C=O) groups is 1. The molecule has 0 aromatic heterocycles. The fourth-order valence-corrected chi connectivity index (χ4v) is 1.38. The molecule has 5 heteroatoms. The van der Waals surface area contributed by atoms with Crippen molar-refractivity contribution in [2.75, 3.05) is 0 Å². The summed E-state index contributed by atoms with van der Waals surface area (Å²) in [5.74, 6) is -0.568. The van der Waals surface area contributed by atoms with Gasteiger partial charge in [-0.25, -0.2) is 4.79 Å². The zero-order chi connectivity index (χ0) is 14.2. The smallest absolute Gasteiger partial charge is 0.301 e. The first-order chi connectivity index (χ1) is 8.16. The first kappa shape index (κ1) is 17.0. The summed E-state index contributed by atoms with van der Waals surface area (Å²) in [4.78, 5) is 14.3. The minimum Gasteiger partial charge on any atom is -0.301 e. The second-order valence-corrected chi connectivity index (χ2v) is 6.21. The Morgan fingerprint density at radius 3 is 2.17 bits per heavy atom. The average Bonchev–Trinajstić information content (AvgIpc) is 2.25. The molecule has 0 unspecified atom stereocenters. The van der Waals surface area contributed by atoms with Crippen molar-refractivity contribution >= 4 is 5.97 Å². The number of hydrogen-bond acceptors (Lipinski definition) is 5. The summed E-state index contributed by atoms with van der Waals surface area (Å²) in [5.41, 5.74) is -0.299. The second-order valence-electron chi connectivity index (χ2n) is 6.21. The van der Waals surface area contributed by atoms with E-state index in [0.717, 1.165) is 25.7 Å². The molecular weight excluding hydrogens is 232 g/mol. The van der Waals surface area contributed by atoms with E-state index in [2.05, 4.69) is 29.0 Å². The van der Waals surface area contributed by atoms with Crippen LogP contribution >= 0.6 is 0 Å². The molecule has 0 aromatic carbocycles. The summed E-state index contributed by atoms with van der Waals surface area (Å²) in [6.45, 7) is 10.2. The first-order valence-corrected chi connectivity index (χ1v) is 6.45. The minimum atomic E-state index is -0.568. The van der Waals surface area contributed by atoms with Crippen LogP contribution in [0, 0.1) is 0 Å². The fraction of sp³-hybridized carbons (Fsp3) is 0.923. The number of azo groups is 1. The number of nitrogens with zero attached hydrogens (tertiary/aromatic N) is 2. The summed E-state index contributed by atoms with van der Waals surface area (Å²) < 4.78 is 0. The topological polar surface area (TPSA) is 71.2 Å². The SMILES string of the molecule is CC(C)(C)/N=N/C(C)(C)CCCCCC(=O)OO. The van der Waals surface area contributed by atoms with Gasteiger partial charge in [0.05, 0.1) is 11.1 Å². The molecule has 18 heavy (non-hydrogen) atoms. The molecule has 0 heterocycles. The van der Waals surface area contributed by atoms with Crippen LogP contribution in [0.4, 0.5) is 0 Å². The van der Waals surface area contributed by atoms with E-state index in [4.69, 9.17) is 5.26 Å². The fourth-order valence-electron chi connectivity index (χ4n) is 1.38. The molecule has 0 aliphatic heterocycles. The van der Waals surface area contributed by atoms with Gasteiger partial charge in [-0.2, -0.15) is 15.5 Å². The Hall–Kier alpha value is -0.970. The van der Waals surface area contributed by atoms with Crippen LogP contribution in [0.1, 0.15) is 66.7 Å². The average molecular weight is 258 g/mol. The van der Waals surface area contributed by atoms with Gasteiger partial charge in [-0.15, -0.1) is 0 Å². The minimum absolute atomic E-state index is 0.137. The van der Waals surface area contributed by atoms with Gasteiger partial charge in [0.1, 0.15) is 0 Å². The summed E-state index contributed by atoms with van der Waals surface area (Å²) in [5, 5.41) is 16.7. The van der Waals surface area contributed by atoms with Gasteiger partial charge < -0.3 is 4.89 Å². The molecule has 0 rings (SSSR count). The third-order valence-corrected chi connectivity index (χ3v) is 2.39. The largest absolute Gasteiger partial charge is 0.342 e. The Labute approximate surface area is 110 Å². The van der Waals surface area contributed by atoms with Crippen LogP contribution in [0.3, 0.4) is 0 Å². The summed E-state index contributed by atoms with van der Waals surface area (Å²) >= 11 is 0. The monoisotopic (exact) mass is 258 g/mol. The van der Waals surface area contributed by atoms with Crippen molar-refractivity contribution in [3.63, 3.8) is 0 Å². The maximum Gasteiger partial charge on any atom is 0.342 e. The predicted molar refractivity (Wildman–Crippen MR) is 70.5 cm³/mol. The first-order valence-electron chi connectivity index (χ1n) is 6.45. The Kier molecular flexibility index (Phi) is 7.06. The molecule has 0 amide bonds. The molecule has 0 saturated carbocycles. The lowest BCUT2D eigenvalue weighted by atomic mass is 9.97. The van der Waals surface area contributed by atoms with Gasteiger partial charge in [0.25, 0.3) is 0 Å². The lowest BCUT2D eigenvalue weighted by Gasteiger charge is -2.20. The second kappa shape index (κ2) is 7.46. The van der Waals surface area contributed by atoms with E-state index >= 15 is 0 Å². The Bertz CT molecular complexity index is 280. The Balaban J connectivity index is 3.84. The lowest BCUT2D eigenvalue weighted by molar-refractivity contribution is -0.234. The molecule has 106 valence electrons. The van der Waals surface area contributed by atoms with Crippen molar-refractivity contribution < 1.29 is 14.9 Å². The molecule has 0 aliphatic rings. The van der Waals surface area contributed by atoms with Gasteiger partial charge in [-0.05, 0) is 47.5 Å². The van der Waals surface area contributed by atoms with Crippen LogP contribution in [-0.4, -0.2) is 22.3 Å². The van der Waals surface area contributed by atoms with E-state index in [1.807, 2.05) is 20.8 Å². The third-order valence-electron chi connectivity index (χ3n) is 2.39. The van der Waals surface area contributed by atoms with Crippen LogP contribution in [0.25, 0.3) is 0 Å². The van der Waals surface area contributed by atoms with Crippen molar-refractivity contribution in [1.82, 2.24) is 0 Å². The molecular formula is C13H26N2O3. The maximum absolute atomic E-state index is 10.7. The van der Waals surface area contributed by atoms with E-state index < -0.39 is 5.97 Å². The highest BCUT2D eigenvalue weighted by atomic mass is 17.1. The van der Waals surface area contributed by atoms with E-state index in [1.54, 1.807) is 0 Å². The molecule has 0 aromatic rings. The van der Waals surface area contributed by atoms with Crippen molar-refractivity contribution in [2.45, 2.75) is 77.8 Å². The molecule has 0 fully saturated rings. The van der Waals surface area contributed by atoms with Crippen LogP contribution in [-0.2, 0) is 9.68 Å². The Morgan fingerprint density at radius 2 is 1.67 bits per heavy atom. The van der Waals surface area contributed by atoms with Crippen LogP contribution in [0.2, 0.25) is 0 Å². The van der Waals surface area contributed by atoms with Crippen molar-refractivity contribution in [3.05, 3.63) is 0 Å². The van der Waals surface area contributed by atoms with Gasteiger partial charge in [0.15, 0.2) is 0 Å². The molecule has 0 bridgehead atoms. The number of unbranched alkanes of at least 4 members (excludes halogenated alkanes) is 2. The van der Waals surface area contributed by atoms with Crippen molar-refractivity contribution in [1.29, 1.82) is 0 Å². The van der Waals surface area contributed by atoms with E-state index in [9.17, 15) is 4.79 Å². The van der Waals surface area contributed by atoms with Gasteiger partial charge in [-0.1, -0.05) is 12.8 Å². The molecule has 1 N–H and O–H groups in total. The molecule has 0 radical (unpaired) electrons. The molecule has 0 atom stereocenters. The molecule has 5 nitrogen and oxygen atoms in total. The standard InChI is InChI=1S/C13H26N2O3/c1-12(2,3)14-15-13(4,5)10-8-6-7-9-11(16)18-17/h17H,6-10H2,1-5H3/b15-14+. The van der Waals surface area contributed by atoms with Gasteiger partial charge in [-0.3, -0.25) is 0 Å². The van der Waals surface area contributed by atoms with Crippen LogP contribution in [0.5, 0.6) is 0 Å². The summed E-state index contributed by atoms with van der Waals surface area (Å²) in [7, 11) is 0. The van der Waals surface area contributed by atoms with Gasteiger partial charge in [0.2, 0.25) is 0 Å². The highest BCUT2D eigenvalue weighted by Gasteiger charge is 2.18. The van der Waals surface area contributed by atoms with Crippen LogP contribution in [0.15, 0.2) is 10.2 Å². The van der Waals surface area contributed by atoms with E-state index in [-0.39, 0.29) is 17.5 Å². The molecule has 0 aliphatic carbocycles. The molecule has 0 spiro atoms. The van der Waals surface area contributed by atoms with E-state index in [0.29, 0.717) is 0 Å². The van der Waals surface area contributed by atoms with Crippen molar-refractivity contribution in [2.24, 2.45) is 10.2 Å². The number of hydrogen-bond donors (Lipinski definition) is 1. The van der Waals surface area contributed by atoms with Gasteiger partial charge in [0, 0.05) is 6.42 Å². The van der Waals surface area contributed by atoms with E-state index in [1.165, 1.54) is 0 Å². The third kappa shape index (κ3) is 10.2. The zero-order valence-electron chi connectivity index (χ0n) is 12.2.